The summed E-state index contributed by atoms with van der Waals surface area (Å²) in [6.45, 7) is 2.79. The first kappa shape index (κ1) is 19.5. The van der Waals surface area contributed by atoms with Gasteiger partial charge in [0.15, 0.2) is 5.76 Å². The molecular weight excluding hydrogens is 481 g/mol. The molecule has 29 heavy (non-hydrogen) atoms. The molecule has 1 N–H and O–H groups in total. The normalized spacial score (nSPS) is 14.0. The summed E-state index contributed by atoms with van der Waals surface area (Å²) in [6, 6.07) is 18.7. The fourth-order valence-electron chi connectivity index (χ4n) is 3.32. The molecule has 3 aromatic rings. The van der Waals surface area contributed by atoms with Gasteiger partial charge in [-0.2, -0.15) is 0 Å². The molecule has 148 valence electrons. The Morgan fingerprint density at radius 2 is 1.62 bits per heavy atom. The van der Waals surface area contributed by atoms with Crippen molar-refractivity contribution in [2.75, 3.05) is 36.4 Å². The fourth-order valence-corrected chi connectivity index (χ4v) is 3.96. The van der Waals surface area contributed by atoms with Crippen LogP contribution < -0.4 is 10.2 Å². The highest BCUT2D eigenvalue weighted by atomic mass is 127. The van der Waals surface area contributed by atoms with Gasteiger partial charge < -0.3 is 19.5 Å². The van der Waals surface area contributed by atoms with E-state index in [1.165, 1.54) is 6.26 Å². The van der Waals surface area contributed by atoms with Gasteiger partial charge in [-0.1, -0.05) is 12.1 Å². The largest absolute Gasteiger partial charge is 0.459 e. The molecule has 0 bridgehead atoms. The Morgan fingerprint density at radius 3 is 2.28 bits per heavy atom. The van der Waals surface area contributed by atoms with Crippen molar-refractivity contribution in [3.05, 3.63) is 81.8 Å². The number of nitrogens with zero attached hydrogens (tertiary/aromatic N) is 2. The summed E-state index contributed by atoms with van der Waals surface area (Å²) < 4.78 is 6.12. The van der Waals surface area contributed by atoms with E-state index in [2.05, 4.69) is 32.8 Å². The van der Waals surface area contributed by atoms with Crippen LogP contribution in [0.5, 0.6) is 0 Å². The van der Waals surface area contributed by atoms with Crippen molar-refractivity contribution < 1.29 is 14.0 Å². The molecule has 1 fully saturated rings. The van der Waals surface area contributed by atoms with Gasteiger partial charge in [0.2, 0.25) is 0 Å². The van der Waals surface area contributed by atoms with Crippen molar-refractivity contribution in [1.82, 2.24) is 4.90 Å². The number of piperazine rings is 1. The summed E-state index contributed by atoms with van der Waals surface area (Å²) in [6.07, 6.45) is 1.52. The Labute approximate surface area is 182 Å². The second-order valence-corrected chi connectivity index (χ2v) is 7.90. The van der Waals surface area contributed by atoms with E-state index < -0.39 is 0 Å². The summed E-state index contributed by atoms with van der Waals surface area (Å²) in [5.41, 5.74) is 2.49. The number of nitrogens with one attached hydrogen (secondary N) is 1. The highest BCUT2D eigenvalue weighted by Gasteiger charge is 2.23. The number of carbonyl (C=O) groups is 2. The average molecular weight is 501 g/mol. The van der Waals surface area contributed by atoms with E-state index >= 15 is 0 Å². The van der Waals surface area contributed by atoms with Crippen LogP contribution in [-0.4, -0.2) is 42.9 Å². The lowest BCUT2D eigenvalue weighted by Gasteiger charge is -2.35. The van der Waals surface area contributed by atoms with E-state index in [4.69, 9.17) is 4.42 Å². The zero-order valence-corrected chi connectivity index (χ0v) is 17.8. The second kappa shape index (κ2) is 8.69. The van der Waals surface area contributed by atoms with E-state index in [1.54, 1.807) is 12.1 Å². The Balaban J connectivity index is 1.35. The molecule has 1 aromatic heterocycles. The first-order valence-corrected chi connectivity index (χ1v) is 10.4. The SMILES string of the molecule is O=C(Nc1ccc(N2CCN(C(=O)c3ccco3)CC2)cc1)c1ccccc1I. The summed E-state index contributed by atoms with van der Waals surface area (Å²) in [5.74, 6) is 0.197. The number of amides is 2. The molecule has 0 spiro atoms. The van der Waals surface area contributed by atoms with Crippen LogP contribution >= 0.6 is 22.6 Å². The lowest BCUT2D eigenvalue weighted by atomic mass is 10.2. The van der Waals surface area contributed by atoms with E-state index in [1.807, 2.05) is 53.4 Å². The molecule has 1 aliphatic rings. The molecule has 2 amide bonds. The number of hydrogen-bond donors (Lipinski definition) is 1. The number of hydrogen-bond acceptors (Lipinski definition) is 4. The topological polar surface area (TPSA) is 65.8 Å². The molecular formula is C22H20IN3O3. The number of rotatable bonds is 4. The van der Waals surface area contributed by atoms with Crippen LogP contribution in [0.2, 0.25) is 0 Å². The first-order chi connectivity index (χ1) is 14.1. The van der Waals surface area contributed by atoms with Crippen LogP contribution in [0.3, 0.4) is 0 Å². The third-order valence-electron chi connectivity index (χ3n) is 4.91. The third kappa shape index (κ3) is 4.45. The van der Waals surface area contributed by atoms with Crippen LogP contribution in [0.1, 0.15) is 20.9 Å². The van der Waals surface area contributed by atoms with Crippen molar-refractivity contribution in [2.24, 2.45) is 0 Å². The molecule has 0 radical (unpaired) electrons. The Kier molecular flexibility index (Phi) is 5.84. The quantitative estimate of drug-likeness (QED) is 0.547. The highest BCUT2D eigenvalue weighted by Crippen LogP contribution is 2.21. The minimum absolute atomic E-state index is 0.0664. The zero-order valence-electron chi connectivity index (χ0n) is 15.7. The first-order valence-electron chi connectivity index (χ1n) is 9.35. The average Bonchev–Trinajstić information content (AvgIpc) is 3.29. The van der Waals surface area contributed by atoms with Gasteiger partial charge in [0.25, 0.3) is 11.8 Å². The van der Waals surface area contributed by atoms with E-state index in [-0.39, 0.29) is 11.8 Å². The Hall–Kier alpha value is -2.81. The van der Waals surface area contributed by atoms with Crippen LogP contribution in [-0.2, 0) is 0 Å². The molecule has 0 unspecified atom stereocenters. The maximum Gasteiger partial charge on any atom is 0.289 e. The van der Waals surface area contributed by atoms with Crippen molar-refractivity contribution >= 4 is 45.8 Å². The van der Waals surface area contributed by atoms with Gasteiger partial charge in [0.1, 0.15) is 0 Å². The maximum atomic E-state index is 12.4. The molecule has 2 heterocycles. The lowest BCUT2D eigenvalue weighted by Crippen LogP contribution is -2.48. The van der Waals surface area contributed by atoms with Crippen LogP contribution in [0.4, 0.5) is 11.4 Å². The van der Waals surface area contributed by atoms with E-state index in [0.29, 0.717) is 24.4 Å². The molecule has 1 saturated heterocycles. The number of furan rings is 1. The molecule has 2 aromatic carbocycles. The summed E-state index contributed by atoms with van der Waals surface area (Å²) in [7, 11) is 0. The second-order valence-electron chi connectivity index (χ2n) is 6.74. The van der Waals surface area contributed by atoms with E-state index in [0.717, 1.165) is 28.0 Å². The lowest BCUT2D eigenvalue weighted by molar-refractivity contribution is 0.0714. The molecule has 1 aliphatic heterocycles. The third-order valence-corrected chi connectivity index (χ3v) is 5.85. The molecule has 4 rings (SSSR count). The van der Waals surface area contributed by atoms with Crippen LogP contribution in [0.25, 0.3) is 0 Å². The van der Waals surface area contributed by atoms with Gasteiger partial charge in [-0.25, -0.2) is 0 Å². The van der Waals surface area contributed by atoms with Gasteiger partial charge >= 0.3 is 0 Å². The Morgan fingerprint density at radius 1 is 0.897 bits per heavy atom. The molecule has 6 nitrogen and oxygen atoms in total. The number of anilines is 2. The molecule has 7 heteroatoms. The van der Waals surface area contributed by atoms with E-state index in [9.17, 15) is 9.59 Å². The Bertz CT molecular complexity index is 994. The fraction of sp³-hybridized carbons (Fsp3) is 0.182. The summed E-state index contributed by atoms with van der Waals surface area (Å²) >= 11 is 2.16. The molecule has 0 atom stereocenters. The van der Waals surface area contributed by atoms with Crippen molar-refractivity contribution in [2.45, 2.75) is 0 Å². The molecule has 0 aliphatic carbocycles. The van der Waals surface area contributed by atoms with Gasteiger partial charge in [-0.3, -0.25) is 9.59 Å². The maximum absolute atomic E-state index is 12.4. The van der Waals surface area contributed by atoms with Gasteiger partial charge in [-0.15, -0.1) is 0 Å². The van der Waals surface area contributed by atoms with Gasteiger partial charge in [0, 0.05) is 41.1 Å². The zero-order chi connectivity index (χ0) is 20.2. The molecule has 0 saturated carbocycles. The van der Waals surface area contributed by atoms with Crippen molar-refractivity contribution in [3.8, 4) is 0 Å². The monoisotopic (exact) mass is 501 g/mol. The number of halogens is 1. The van der Waals surface area contributed by atoms with Crippen molar-refractivity contribution in [3.63, 3.8) is 0 Å². The van der Waals surface area contributed by atoms with Crippen molar-refractivity contribution in [1.29, 1.82) is 0 Å². The number of benzene rings is 2. The summed E-state index contributed by atoms with van der Waals surface area (Å²) in [5, 5.41) is 2.94. The smallest absolute Gasteiger partial charge is 0.289 e. The number of carbonyl (C=O) groups excluding carboxylic acids is 2. The predicted molar refractivity (Wildman–Crippen MR) is 120 cm³/mol. The summed E-state index contributed by atoms with van der Waals surface area (Å²) in [4.78, 5) is 28.9. The standard InChI is InChI=1S/C22H20IN3O3/c23-19-5-2-1-4-18(19)21(27)24-16-7-9-17(10-8-16)25-11-13-26(14-12-25)22(28)20-6-3-15-29-20/h1-10,15H,11-14H2,(H,24,27). The minimum atomic E-state index is -0.118. The minimum Gasteiger partial charge on any atom is -0.459 e. The van der Waals surface area contributed by atoms with Crippen LogP contribution in [0.15, 0.2) is 71.3 Å². The van der Waals surface area contributed by atoms with Gasteiger partial charge in [0.05, 0.1) is 11.8 Å². The van der Waals surface area contributed by atoms with Gasteiger partial charge in [-0.05, 0) is 71.1 Å². The predicted octanol–water partition coefficient (Wildman–Crippen LogP) is 4.10. The van der Waals surface area contributed by atoms with Crippen LogP contribution in [0, 0.1) is 3.57 Å². The highest BCUT2D eigenvalue weighted by molar-refractivity contribution is 14.1.